The van der Waals surface area contributed by atoms with Crippen molar-refractivity contribution in [1.29, 1.82) is 0 Å². The van der Waals surface area contributed by atoms with Gasteiger partial charge >= 0.3 is 5.97 Å². The molecular weight excluding hydrogens is 347 g/mol. The van der Waals surface area contributed by atoms with Crippen LogP contribution in [-0.4, -0.2) is 27.6 Å². The number of carbonyl (C=O) groups is 2. The van der Waals surface area contributed by atoms with E-state index in [2.05, 4.69) is 6.58 Å². The Morgan fingerprint density at radius 2 is 2.00 bits per heavy atom. The van der Waals surface area contributed by atoms with Crippen LogP contribution in [0, 0.1) is 11.8 Å². The molecule has 1 aliphatic rings. The number of aliphatic hydroxyl groups is 1. The molecule has 1 fully saturated rings. The van der Waals surface area contributed by atoms with Gasteiger partial charge in [-0.1, -0.05) is 57.8 Å². The number of aliphatic carboxylic acids is 1. The first-order valence-corrected chi connectivity index (χ1v) is 10.3. The van der Waals surface area contributed by atoms with Gasteiger partial charge in [-0.3, -0.25) is 9.59 Å². The molecule has 27 heavy (non-hydrogen) atoms. The minimum Gasteiger partial charge on any atom is -0.481 e. The zero-order valence-corrected chi connectivity index (χ0v) is 16.6. The van der Waals surface area contributed by atoms with Gasteiger partial charge in [0.2, 0.25) is 0 Å². The topological polar surface area (TPSA) is 74.6 Å². The van der Waals surface area contributed by atoms with Crippen molar-refractivity contribution in [2.75, 3.05) is 0 Å². The molecule has 0 aliphatic heterocycles. The quantitative estimate of drug-likeness (QED) is 0.313. The molecule has 0 aromatic carbocycles. The number of halogens is 1. The van der Waals surface area contributed by atoms with Crippen molar-refractivity contribution < 1.29 is 24.2 Å². The first-order valence-electron chi connectivity index (χ1n) is 10.3. The lowest BCUT2D eigenvalue weighted by molar-refractivity contribution is -0.137. The van der Waals surface area contributed by atoms with Crippen molar-refractivity contribution in [2.24, 2.45) is 11.8 Å². The van der Waals surface area contributed by atoms with Crippen LogP contribution in [0.25, 0.3) is 0 Å². The molecule has 0 aromatic rings. The zero-order valence-electron chi connectivity index (χ0n) is 16.6. The summed E-state index contributed by atoms with van der Waals surface area (Å²) in [5.74, 6) is -1.02. The van der Waals surface area contributed by atoms with E-state index in [-0.39, 0.29) is 30.5 Å². The van der Waals surface area contributed by atoms with Crippen LogP contribution in [0.5, 0.6) is 0 Å². The molecule has 154 valence electrons. The Balaban J connectivity index is 2.47. The predicted octanol–water partition coefficient (Wildman–Crippen LogP) is 5.36. The highest BCUT2D eigenvalue weighted by atomic mass is 19.1. The zero-order chi connectivity index (χ0) is 20.3. The number of unbranched alkanes of at least 4 members (excludes halogenated alkanes) is 4. The summed E-state index contributed by atoms with van der Waals surface area (Å²) in [7, 11) is 0. The first kappa shape index (κ1) is 23.5. The van der Waals surface area contributed by atoms with Crippen LogP contribution in [0.15, 0.2) is 24.6 Å². The second kappa shape index (κ2) is 12.1. The van der Waals surface area contributed by atoms with Crippen molar-refractivity contribution in [3.8, 4) is 0 Å². The lowest BCUT2D eigenvalue weighted by atomic mass is 9.87. The number of carbonyl (C=O) groups excluding carboxylic acids is 1. The van der Waals surface area contributed by atoms with Gasteiger partial charge in [-0.05, 0) is 31.6 Å². The molecule has 2 N–H and O–H groups in total. The highest BCUT2D eigenvalue weighted by Crippen LogP contribution is 2.35. The number of carboxylic acids is 1. The normalized spacial score (nSPS) is 22.3. The van der Waals surface area contributed by atoms with E-state index in [0.29, 0.717) is 19.3 Å². The summed E-state index contributed by atoms with van der Waals surface area (Å²) in [5.41, 5.74) is -1.51. The molecule has 0 saturated heterocycles. The monoisotopic (exact) mass is 382 g/mol. The van der Waals surface area contributed by atoms with Crippen molar-refractivity contribution in [3.05, 3.63) is 24.6 Å². The number of ketones is 1. The smallest absolute Gasteiger partial charge is 0.303 e. The lowest BCUT2D eigenvalue weighted by Gasteiger charge is -2.25. The van der Waals surface area contributed by atoms with Gasteiger partial charge in [-0.25, -0.2) is 4.39 Å². The summed E-state index contributed by atoms with van der Waals surface area (Å²) in [4.78, 5) is 22.7. The van der Waals surface area contributed by atoms with Crippen LogP contribution >= 0.6 is 0 Å². The maximum absolute atomic E-state index is 13.7. The van der Waals surface area contributed by atoms with Gasteiger partial charge < -0.3 is 10.2 Å². The van der Waals surface area contributed by atoms with E-state index < -0.39 is 17.4 Å². The summed E-state index contributed by atoms with van der Waals surface area (Å²) in [6, 6.07) is 0. The molecule has 0 amide bonds. The molecule has 0 heterocycles. The summed E-state index contributed by atoms with van der Waals surface area (Å²) >= 11 is 0. The minimum atomic E-state index is -1.51. The maximum Gasteiger partial charge on any atom is 0.303 e. The maximum atomic E-state index is 13.7. The van der Waals surface area contributed by atoms with E-state index in [1.807, 2.05) is 19.1 Å². The Kier molecular flexibility index (Phi) is 10.5. The summed E-state index contributed by atoms with van der Waals surface area (Å²) < 4.78 is 13.7. The van der Waals surface area contributed by atoms with Crippen molar-refractivity contribution in [3.63, 3.8) is 0 Å². The van der Waals surface area contributed by atoms with Crippen LogP contribution in [0.2, 0.25) is 0 Å². The van der Waals surface area contributed by atoms with E-state index in [1.54, 1.807) is 0 Å². The van der Waals surface area contributed by atoms with Crippen molar-refractivity contribution >= 4 is 11.8 Å². The Morgan fingerprint density at radius 1 is 1.30 bits per heavy atom. The van der Waals surface area contributed by atoms with E-state index >= 15 is 0 Å². The minimum absolute atomic E-state index is 0.00182. The second-order valence-electron chi connectivity index (χ2n) is 7.79. The fourth-order valence-electron chi connectivity index (χ4n) is 3.79. The van der Waals surface area contributed by atoms with Gasteiger partial charge in [0, 0.05) is 25.2 Å². The molecule has 3 atom stereocenters. The van der Waals surface area contributed by atoms with Crippen LogP contribution < -0.4 is 0 Å². The summed E-state index contributed by atoms with van der Waals surface area (Å²) in [6.07, 6.45) is 11.8. The molecular formula is C22H35FO4. The molecule has 5 heteroatoms. The van der Waals surface area contributed by atoms with E-state index in [1.165, 1.54) is 0 Å². The molecule has 1 rings (SSSR count). The van der Waals surface area contributed by atoms with Crippen LogP contribution in [0.3, 0.4) is 0 Å². The molecule has 4 nitrogen and oxygen atoms in total. The average Bonchev–Trinajstić information content (AvgIpc) is 2.96. The van der Waals surface area contributed by atoms with Crippen LogP contribution in [-0.2, 0) is 9.59 Å². The van der Waals surface area contributed by atoms with Gasteiger partial charge in [0.05, 0.1) is 0 Å². The Hall–Kier alpha value is -1.49. The fourth-order valence-corrected chi connectivity index (χ4v) is 3.79. The molecule has 1 saturated carbocycles. The van der Waals surface area contributed by atoms with E-state index in [0.717, 1.165) is 44.9 Å². The third kappa shape index (κ3) is 8.37. The Morgan fingerprint density at radius 3 is 2.63 bits per heavy atom. The van der Waals surface area contributed by atoms with Gasteiger partial charge in [-0.15, -0.1) is 0 Å². The average molecular weight is 383 g/mol. The predicted molar refractivity (Wildman–Crippen MR) is 105 cm³/mol. The molecule has 0 aromatic heterocycles. The van der Waals surface area contributed by atoms with Crippen LogP contribution in [0.4, 0.5) is 4.39 Å². The second-order valence-corrected chi connectivity index (χ2v) is 7.79. The number of hydrogen-bond acceptors (Lipinski definition) is 3. The summed E-state index contributed by atoms with van der Waals surface area (Å²) in [5, 5.41) is 19.1. The highest BCUT2D eigenvalue weighted by Gasteiger charge is 2.33. The molecule has 0 spiro atoms. The van der Waals surface area contributed by atoms with Crippen molar-refractivity contribution in [1.82, 2.24) is 0 Å². The number of allylic oxidation sites excluding steroid dienone is 1. The summed E-state index contributed by atoms with van der Waals surface area (Å²) in [6.45, 7) is 5.29. The molecule has 1 unspecified atom stereocenters. The first-order chi connectivity index (χ1) is 12.8. The van der Waals surface area contributed by atoms with E-state index in [4.69, 9.17) is 5.11 Å². The SMILES string of the molecule is C=C(F)C(O)(CC=C[C@H]1CCC(=O)[C@@H]1CCCCCCC(=O)O)CCCC. The van der Waals surface area contributed by atoms with E-state index in [9.17, 15) is 19.1 Å². The third-order valence-corrected chi connectivity index (χ3v) is 5.60. The number of rotatable bonds is 14. The molecule has 0 radical (unpaired) electrons. The number of hydrogen-bond donors (Lipinski definition) is 2. The number of carboxylic acid groups (broad SMARTS) is 1. The van der Waals surface area contributed by atoms with Gasteiger partial charge in [0.1, 0.15) is 17.2 Å². The van der Waals surface area contributed by atoms with Gasteiger partial charge in [0.25, 0.3) is 0 Å². The van der Waals surface area contributed by atoms with Gasteiger partial charge in [-0.2, -0.15) is 0 Å². The Bertz CT molecular complexity index is 528. The van der Waals surface area contributed by atoms with Crippen LogP contribution in [0.1, 0.15) is 84.0 Å². The lowest BCUT2D eigenvalue weighted by Crippen LogP contribution is -2.28. The molecule has 0 bridgehead atoms. The Labute approximate surface area is 162 Å². The van der Waals surface area contributed by atoms with Gasteiger partial charge in [0.15, 0.2) is 0 Å². The van der Waals surface area contributed by atoms with Crippen molar-refractivity contribution in [2.45, 2.75) is 89.6 Å². The molecule has 1 aliphatic carbocycles. The largest absolute Gasteiger partial charge is 0.481 e. The standard InChI is InChI=1S/C22H35FO4/c1-3-4-15-22(27,17(2)23)16-9-10-18-13-14-20(24)19(18)11-7-5-6-8-12-21(25)26/h9-10,18-19,27H,2-8,11-16H2,1H3,(H,25,26)/t18-,19+,22?/m0/s1. The fraction of sp³-hybridized carbons (Fsp3) is 0.727. The third-order valence-electron chi connectivity index (χ3n) is 5.60. The number of Topliss-reactive ketones (excluding diaryl/α,β-unsaturated/α-hetero) is 1. The highest BCUT2D eigenvalue weighted by molar-refractivity contribution is 5.83.